The van der Waals surface area contributed by atoms with E-state index in [1.54, 1.807) is 18.2 Å². The zero-order valence-electron chi connectivity index (χ0n) is 9.21. The van der Waals surface area contributed by atoms with E-state index in [9.17, 15) is 8.42 Å². The van der Waals surface area contributed by atoms with Gasteiger partial charge in [-0.05, 0) is 23.6 Å². The van der Waals surface area contributed by atoms with E-state index in [1.165, 1.54) is 6.07 Å². The predicted molar refractivity (Wildman–Crippen MR) is 62.5 cm³/mol. The molecule has 4 heteroatoms. The van der Waals surface area contributed by atoms with Crippen LogP contribution < -0.4 is 0 Å². The quantitative estimate of drug-likeness (QED) is 0.757. The van der Waals surface area contributed by atoms with Gasteiger partial charge < -0.3 is 0 Å². The maximum absolute atomic E-state index is 11.7. The number of benzene rings is 1. The molecule has 0 fully saturated rings. The van der Waals surface area contributed by atoms with Crippen LogP contribution in [-0.2, 0) is 9.84 Å². The van der Waals surface area contributed by atoms with E-state index < -0.39 is 9.84 Å². The number of allylic oxidation sites excluding steroid dienone is 1. The number of nitrogens with zero attached hydrogens (tertiary/aromatic N) is 1. The molecular formula is C12H13NO2S. The lowest BCUT2D eigenvalue weighted by Crippen LogP contribution is -1.98. The lowest BCUT2D eigenvalue weighted by atomic mass is 10.0. The molecule has 0 saturated heterocycles. The molecule has 3 nitrogen and oxygen atoms in total. The minimum absolute atomic E-state index is 0.227. The molecule has 1 aromatic rings. The average Bonchev–Trinajstić information content (AvgIpc) is 2.26. The highest BCUT2D eigenvalue weighted by molar-refractivity contribution is 7.94. The van der Waals surface area contributed by atoms with Gasteiger partial charge in [-0.2, -0.15) is 5.26 Å². The number of rotatable bonds is 3. The van der Waals surface area contributed by atoms with Crippen LogP contribution in [0.5, 0.6) is 0 Å². The van der Waals surface area contributed by atoms with Crippen LogP contribution >= 0.6 is 0 Å². The monoisotopic (exact) mass is 235 g/mol. The number of nitriles is 1. The largest absolute Gasteiger partial charge is 0.219 e. The fourth-order valence-electron chi connectivity index (χ4n) is 1.25. The summed E-state index contributed by atoms with van der Waals surface area (Å²) < 4.78 is 23.5. The molecule has 0 spiro atoms. The summed E-state index contributed by atoms with van der Waals surface area (Å²) in [6.07, 6.45) is 0.970. The van der Waals surface area contributed by atoms with Crippen LogP contribution in [0.25, 0.3) is 0 Å². The van der Waals surface area contributed by atoms with Crippen molar-refractivity contribution in [3.05, 3.63) is 41.3 Å². The van der Waals surface area contributed by atoms with Crippen molar-refractivity contribution in [3.63, 3.8) is 0 Å². The van der Waals surface area contributed by atoms with Gasteiger partial charge in [-0.25, -0.2) is 8.42 Å². The lowest BCUT2D eigenvalue weighted by Gasteiger charge is -2.06. The molecule has 0 unspecified atom stereocenters. The molecule has 0 amide bonds. The fraction of sp³-hybridized carbons (Fsp3) is 0.250. The molecule has 1 aromatic carbocycles. The molecule has 1 rings (SSSR count). The van der Waals surface area contributed by atoms with Crippen LogP contribution in [0.1, 0.15) is 25.3 Å². The maximum Gasteiger partial charge on any atom is 0.200 e. The van der Waals surface area contributed by atoms with Crippen LogP contribution in [0.2, 0.25) is 0 Å². The average molecular weight is 235 g/mol. The van der Waals surface area contributed by atoms with Crippen molar-refractivity contribution in [2.24, 2.45) is 0 Å². The van der Waals surface area contributed by atoms with Gasteiger partial charge in [0, 0.05) is 11.5 Å². The minimum atomic E-state index is -3.48. The van der Waals surface area contributed by atoms with E-state index >= 15 is 0 Å². The Morgan fingerprint density at radius 1 is 1.38 bits per heavy atom. The van der Waals surface area contributed by atoms with Gasteiger partial charge in [0.05, 0.1) is 11.0 Å². The third-order valence-corrected chi connectivity index (χ3v) is 3.58. The third-order valence-electron chi connectivity index (χ3n) is 2.18. The Morgan fingerprint density at radius 2 is 2.06 bits per heavy atom. The summed E-state index contributed by atoms with van der Waals surface area (Å²) in [7, 11) is -3.48. The summed E-state index contributed by atoms with van der Waals surface area (Å²) in [4.78, 5) is 0.227. The second kappa shape index (κ2) is 4.95. The predicted octanol–water partition coefficient (Wildman–Crippen LogP) is 2.62. The molecule has 0 heterocycles. The molecule has 0 N–H and O–H groups in total. The van der Waals surface area contributed by atoms with Crippen molar-refractivity contribution in [1.29, 1.82) is 5.26 Å². The third kappa shape index (κ3) is 2.94. The zero-order valence-corrected chi connectivity index (χ0v) is 10.0. The Morgan fingerprint density at radius 3 is 2.62 bits per heavy atom. The van der Waals surface area contributed by atoms with Crippen molar-refractivity contribution in [3.8, 4) is 6.07 Å². The van der Waals surface area contributed by atoms with E-state index in [0.717, 1.165) is 17.0 Å². The molecule has 0 aliphatic heterocycles. The van der Waals surface area contributed by atoms with Crippen molar-refractivity contribution < 1.29 is 8.42 Å². The molecule has 0 saturated carbocycles. The van der Waals surface area contributed by atoms with Crippen LogP contribution in [0, 0.1) is 11.3 Å². The first-order valence-corrected chi connectivity index (χ1v) is 6.43. The summed E-state index contributed by atoms with van der Waals surface area (Å²) in [5.74, 6) is 0.273. The van der Waals surface area contributed by atoms with Crippen LogP contribution in [0.15, 0.2) is 40.6 Å². The smallest absolute Gasteiger partial charge is 0.200 e. The summed E-state index contributed by atoms with van der Waals surface area (Å²) in [5.41, 5.74) is 0.964. The summed E-state index contributed by atoms with van der Waals surface area (Å²) in [6, 6.07) is 8.44. The van der Waals surface area contributed by atoms with Crippen molar-refractivity contribution >= 4 is 9.84 Å². The van der Waals surface area contributed by atoms with Crippen LogP contribution in [0.3, 0.4) is 0 Å². The van der Waals surface area contributed by atoms with Crippen LogP contribution in [-0.4, -0.2) is 8.42 Å². The Labute approximate surface area is 95.9 Å². The number of hydrogen-bond acceptors (Lipinski definition) is 3. The molecule has 0 aromatic heterocycles. The van der Waals surface area contributed by atoms with Gasteiger partial charge in [0.2, 0.25) is 9.84 Å². The molecular weight excluding hydrogens is 222 g/mol. The van der Waals surface area contributed by atoms with E-state index in [2.05, 4.69) is 0 Å². The standard InChI is InChI=1S/C12H13NO2S/c1-10(2)11-5-3-6-12(9-11)16(14,15)8-4-7-13/h3-6,8-10H,1-2H3. The van der Waals surface area contributed by atoms with Gasteiger partial charge in [-0.15, -0.1) is 0 Å². The number of hydrogen-bond donors (Lipinski definition) is 0. The Balaban J connectivity index is 3.20. The highest BCUT2D eigenvalue weighted by Crippen LogP contribution is 2.19. The van der Waals surface area contributed by atoms with Crippen molar-refractivity contribution in [2.45, 2.75) is 24.7 Å². The molecule has 0 bridgehead atoms. The van der Waals surface area contributed by atoms with E-state index in [-0.39, 0.29) is 10.8 Å². The second-order valence-electron chi connectivity index (χ2n) is 3.70. The molecule has 0 aliphatic carbocycles. The minimum Gasteiger partial charge on any atom is -0.219 e. The summed E-state index contributed by atoms with van der Waals surface area (Å²) in [5, 5.41) is 9.24. The molecule has 0 radical (unpaired) electrons. The van der Waals surface area contributed by atoms with Gasteiger partial charge >= 0.3 is 0 Å². The van der Waals surface area contributed by atoms with E-state index in [0.29, 0.717) is 0 Å². The highest BCUT2D eigenvalue weighted by Gasteiger charge is 2.11. The zero-order chi connectivity index (χ0) is 12.2. The van der Waals surface area contributed by atoms with Gasteiger partial charge in [0.1, 0.15) is 0 Å². The Hall–Kier alpha value is -1.60. The van der Waals surface area contributed by atoms with E-state index in [1.807, 2.05) is 19.9 Å². The SMILES string of the molecule is CC(C)c1cccc(S(=O)(=O)C=CC#N)c1. The molecule has 16 heavy (non-hydrogen) atoms. The first-order chi connectivity index (χ1) is 7.47. The van der Waals surface area contributed by atoms with Gasteiger partial charge in [0.15, 0.2) is 0 Å². The first-order valence-electron chi connectivity index (χ1n) is 4.88. The maximum atomic E-state index is 11.7. The molecule has 0 atom stereocenters. The van der Waals surface area contributed by atoms with Crippen molar-refractivity contribution in [2.75, 3.05) is 0 Å². The van der Waals surface area contributed by atoms with E-state index in [4.69, 9.17) is 5.26 Å². The second-order valence-corrected chi connectivity index (χ2v) is 5.54. The Bertz CT molecular complexity index is 536. The van der Waals surface area contributed by atoms with Crippen LogP contribution in [0.4, 0.5) is 0 Å². The van der Waals surface area contributed by atoms with Gasteiger partial charge in [-0.1, -0.05) is 26.0 Å². The summed E-state index contributed by atoms with van der Waals surface area (Å²) >= 11 is 0. The molecule has 0 aliphatic rings. The fourth-order valence-corrected chi connectivity index (χ4v) is 2.21. The van der Waals surface area contributed by atoms with Gasteiger partial charge in [0.25, 0.3) is 0 Å². The normalized spacial score (nSPS) is 11.9. The van der Waals surface area contributed by atoms with Gasteiger partial charge in [-0.3, -0.25) is 0 Å². The molecule has 84 valence electrons. The highest BCUT2D eigenvalue weighted by atomic mass is 32.2. The first kappa shape index (κ1) is 12.5. The lowest BCUT2D eigenvalue weighted by molar-refractivity contribution is 0.604. The van der Waals surface area contributed by atoms with Crippen molar-refractivity contribution in [1.82, 2.24) is 0 Å². The summed E-state index contributed by atoms with van der Waals surface area (Å²) in [6.45, 7) is 3.99. The Kier molecular flexibility index (Phi) is 3.86. The topological polar surface area (TPSA) is 57.9 Å². The number of sulfone groups is 1.